The summed E-state index contributed by atoms with van der Waals surface area (Å²) in [5, 5.41) is 12.6. The first kappa shape index (κ1) is 13.1. The first-order chi connectivity index (χ1) is 9.15. The highest BCUT2D eigenvalue weighted by molar-refractivity contribution is 5.05. The Morgan fingerprint density at radius 2 is 2.32 bits per heavy atom. The number of aliphatic hydroxyl groups excluding tert-OH is 1. The fourth-order valence-electron chi connectivity index (χ4n) is 1.75. The second-order valence-electron chi connectivity index (χ2n) is 3.85. The lowest BCUT2D eigenvalue weighted by atomic mass is 10.1. The molecule has 0 amide bonds. The highest BCUT2D eigenvalue weighted by Crippen LogP contribution is 2.21. The van der Waals surface area contributed by atoms with Gasteiger partial charge in [0.05, 0.1) is 18.8 Å². The highest BCUT2D eigenvalue weighted by atomic mass is 16.5. The number of azide groups is 1. The highest BCUT2D eigenvalue weighted by Gasteiger charge is 2.27. The first-order valence-electron chi connectivity index (χ1n) is 5.46. The molecule has 19 heavy (non-hydrogen) atoms. The van der Waals surface area contributed by atoms with Gasteiger partial charge in [0.2, 0.25) is 0 Å². The van der Waals surface area contributed by atoms with Crippen molar-refractivity contribution < 1.29 is 9.84 Å². The lowest BCUT2D eigenvalue weighted by Gasteiger charge is -2.29. The number of hydrogen-bond donors (Lipinski definition) is 2. The molecule has 0 fully saturated rings. The molecule has 1 aliphatic rings. The van der Waals surface area contributed by atoms with E-state index in [0.29, 0.717) is 0 Å². The van der Waals surface area contributed by atoms with E-state index in [1.54, 1.807) is 6.08 Å². The summed E-state index contributed by atoms with van der Waals surface area (Å²) < 4.78 is 6.61. The number of nitrogens with one attached hydrogen (secondary N) is 1. The fraction of sp³-hybridized carbons (Fsp3) is 0.400. The van der Waals surface area contributed by atoms with Crippen LogP contribution in [0.4, 0.5) is 0 Å². The molecule has 1 aromatic heterocycles. The summed E-state index contributed by atoms with van der Waals surface area (Å²) in [6.45, 7) is -0.359. The Bertz CT molecular complexity index is 642. The Morgan fingerprint density at radius 3 is 2.95 bits per heavy atom. The van der Waals surface area contributed by atoms with E-state index in [-0.39, 0.29) is 6.61 Å². The predicted octanol–water partition coefficient (Wildman–Crippen LogP) is -0.339. The van der Waals surface area contributed by atoms with Crippen molar-refractivity contribution in [3.8, 4) is 0 Å². The Labute approximate surface area is 106 Å². The summed E-state index contributed by atoms with van der Waals surface area (Å²) in [5.41, 5.74) is 7.25. The predicted molar refractivity (Wildman–Crippen MR) is 64.4 cm³/mol. The Morgan fingerprint density at radius 1 is 1.53 bits per heavy atom. The van der Waals surface area contributed by atoms with Gasteiger partial charge in [-0.2, -0.15) is 0 Å². The second-order valence-corrected chi connectivity index (χ2v) is 3.85. The van der Waals surface area contributed by atoms with E-state index in [1.807, 2.05) is 0 Å². The molecule has 2 rings (SSSR count). The van der Waals surface area contributed by atoms with Gasteiger partial charge in [-0.25, -0.2) is 4.79 Å². The maximum Gasteiger partial charge on any atom is 0.330 e. The van der Waals surface area contributed by atoms with Crippen LogP contribution in [0.2, 0.25) is 0 Å². The van der Waals surface area contributed by atoms with E-state index in [4.69, 9.17) is 10.3 Å². The Hall–Kier alpha value is -2.35. The Balaban J connectivity index is 2.33. The number of aliphatic hydroxyl groups is 1. The summed E-state index contributed by atoms with van der Waals surface area (Å²) in [7, 11) is 0. The van der Waals surface area contributed by atoms with Crippen LogP contribution in [0, 0.1) is 0 Å². The molecular weight excluding hydrogens is 254 g/mol. The van der Waals surface area contributed by atoms with Gasteiger partial charge in [-0.15, -0.1) is 0 Å². The van der Waals surface area contributed by atoms with E-state index >= 15 is 0 Å². The number of H-pyrrole nitrogens is 1. The minimum Gasteiger partial charge on any atom is -0.394 e. The van der Waals surface area contributed by atoms with E-state index in [1.165, 1.54) is 18.3 Å². The summed E-state index contributed by atoms with van der Waals surface area (Å²) >= 11 is 0. The lowest BCUT2D eigenvalue weighted by Crippen LogP contribution is -2.39. The van der Waals surface area contributed by atoms with Crippen LogP contribution in [0.25, 0.3) is 10.4 Å². The van der Waals surface area contributed by atoms with E-state index in [9.17, 15) is 14.7 Å². The summed E-state index contributed by atoms with van der Waals surface area (Å²) in [5.74, 6) is 0. The van der Waals surface area contributed by atoms with Crippen molar-refractivity contribution >= 4 is 0 Å². The van der Waals surface area contributed by atoms with E-state index in [0.717, 1.165) is 4.57 Å². The van der Waals surface area contributed by atoms with Gasteiger partial charge in [-0.1, -0.05) is 11.2 Å². The zero-order chi connectivity index (χ0) is 13.8. The molecule has 100 valence electrons. The minimum atomic E-state index is -0.772. The third-order valence-electron chi connectivity index (χ3n) is 2.66. The number of ether oxygens (including phenoxy) is 1. The van der Waals surface area contributed by atoms with E-state index in [2.05, 4.69) is 15.0 Å². The molecule has 1 aromatic rings. The average molecular weight is 265 g/mol. The van der Waals surface area contributed by atoms with Crippen molar-refractivity contribution in [1.82, 2.24) is 9.55 Å². The molecule has 3 atom stereocenters. The molecule has 0 aliphatic carbocycles. The third kappa shape index (κ3) is 2.74. The van der Waals surface area contributed by atoms with Crippen molar-refractivity contribution in [2.45, 2.75) is 18.4 Å². The zero-order valence-corrected chi connectivity index (χ0v) is 9.71. The van der Waals surface area contributed by atoms with Crippen LogP contribution in [0.3, 0.4) is 0 Å². The molecule has 0 unspecified atom stereocenters. The minimum absolute atomic E-state index is 0.359. The zero-order valence-electron chi connectivity index (χ0n) is 9.71. The van der Waals surface area contributed by atoms with Crippen LogP contribution in [0.5, 0.6) is 0 Å². The van der Waals surface area contributed by atoms with Crippen LogP contribution in [0.1, 0.15) is 6.23 Å². The standard InChI is InChI=1S/C10H11N5O4/c11-14-13-6-1-2-9(19-7(6)5-16)15-4-3-8(17)12-10(15)18/h1-4,6-7,9,16H,5H2,(H,12,17,18)/t6-,7+,9+/m0/s1. The van der Waals surface area contributed by atoms with Crippen LogP contribution < -0.4 is 11.2 Å². The maximum absolute atomic E-state index is 11.6. The van der Waals surface area contributed by atoms with Crippen molar-refractivity contribution in [1.29, 1.82) is 0 Å². The topological polar surface area (TPSA) is 133 Å². The van der Waals surface area contributed by atoms with Gasteiger partial charge in [-0.3, -0.25) is 14.3 Å². The molecule has 0 saturated carbocycles. The van der Waals surface area contributed by atoms with Crippen LogP contribution in [0.15, 0.2) is 39.1 Å². The quantitative estimate of drug-likeness (QED) is 0.334. The van der Waals surface area contributed by atoms with Crippen LogP contribution in [-0.2, 0) is 4.74 Å². The van der Waals surface area contributed by atoms with Gasteiger partial charge in [0, 0.05) is 17.2 Å². The number of rotatable bonds is 3. The van der Waals surface area contributed by atoms with Gasteiger partial charge >= 0.3 is 5.69 Å². The summed E-state index contributed by atoms with van der Waals surface area (Å²) in [6.07, 6.45) is 2.84. The summed E-state index contributed by atoms with van der Waals surface area (Å²) in [6, 6.07) is 0.552. The van der Waals surface area contributed by atoms with Crippen LogP contribution >= 0.6 is 0 Å². The summed E-state index contributed by atoms with van der Waals surface area (Å²) in [4.78, 5) is 27.3. The number of aromatic nitrogens is 2. The van der Waals surface area contributed by atoms with Crippen LogP contribution in [-0.4, -0.2) is 33.4 Å². The number of aromatic amines is 1. The molecule has 0 radical (unpaired) electrons. The van der Waals surface area contributed by atoms with E-state index < -0.39 is 29.6 Å². The molecular formula is C10H11N5O4. The maximum atomic E-state index is 11.6. The van der Waals surface area contributed by atoms with Gasteiger partial charge < -0.3 is 9.84 Å². The second kappa shape index (κ2) is 5.53. The molecule has 0 aromatic carbocycles. The van der Waals surface area contributed by atoms with Gasteiger partial charge in [0.25, 0.3) is 5.56 Å². The molecule has 2 heterocycles. The van der Waals surface area contributed by atoms with Gasteiger partial charge in [-0.05, 0) is 11.6 Å². The van der Waals surface area contributed by atoms with Gasteiger partial charge in [0.15, 0.2) is 6.23 Å². The molecule has 2 N–H and O–H groups in total. The van der Waals surface area contributed by atoms with Gasteiger partial charge in [0.1, 0.15) is 0 Å². The van der Waals surface area contributed by atoms with Crippen molar-refractivity contribution in [3.63, 3.8) is 0 Å². The molecule has 0 spiro atoms. The monoisotopic (exact) mass is 265 g/mol. The Kier molecular flexibility index (Phi) is 3.81. The molecule has 9 heteroatoms. The number of hydrogen-bond acceptors (Lipinski definition) is 5. The molecule has 9 nitrogen and oxygen atoms in total. The fourth-order valence-corrected chi connectivity index (χ4v) is 1.75. The van der Waals surface area contributed by atoms with Crippen molar-refractivity contribution in [2.75, 3.05) is 6.61 Å². The SMILES string of the molecule is [N-]=[N+]=N[C@H]1C=C[C@H](n2ccc(=O)[nH]c2=O)O[C@@H]1CO. The first-order valence-corrected chi connectivity index (χ1v) is 5.46. The lowest BCUT2D eigenvalue weighted by molar-refractivity contribution is -0.0654. The molecule has 0 saturated heterocycles. The number of nitrogens with zero attached hydrogens (tertiary/aromatic N) is 4. The largest absolute Gasteiger partial charge is 0.394 e. The normalized spacial score (nSPS) is 25.8. The molecule has 1 aliphatic heterocycles. The van der Waals surface area contributed by atoms with Crippen molar-refractivity contribution in [2.24, 2.45) is 5.11 Å². The van der Waals surface area contributed by atoms with Crippen molar-refractivity contribution in [3.05, 3.63) is 55.7 Å². The smallest absolute Gasteiger partial charge is 0.330 e. The molecule has 0 bridgehead atoms. The third-order valence-corrected chi connectivity index (χ3v) is 2.66. The average Bonchev–Trinajstić information content (AvgIpc) is 2.40.